The Kier molecular flexibility index (Phi) is 11.2. The number of carbonyl (C=O) groups is 1. The van der Waals surface area contributed by atoms with E-state index in [1.807, 2.05) is 6.20 Å². The predicted molar refractivity (Wildman–Crippen MR) is 136 cm³/mol. The predicted octanol–water partition coefficient (Wildman–Crippen LogP) is 1.81. The number of aromatic nitrogens is 1. The summed E-state index contributed by atoms with van der Waals surface area (Å²) in [6, 6.07) is 4.80. The third-order valence-electron chi connectivity index (χ3n) is 5.37. The van der Waals surface area contributed by atoms with Crippen LogP contribution in [0.5, 0.6) is 0 Å². The Labute approximate surface area is 206 Å². The van der Waals surface area contributed by atoms with Gasteiger partial charge in [0.25, 0.3) is 0 Å². The summed E-state index contributed by atoms with van der Waals surface area (Å²) in [7, 11) is 1.62. The summed E-state index contributed by atoms with van der Waals surface area (Å²) in [5.74, 6) is 0.689. The van der Waals surface area contributed by atoms with Gasteiger partial charge in [-0.1, -0.05) is 0 Å². The molecule has 0 unspecified atom stereocenters. The van der Waals surface area contributed by atoms with Gasteiger partial charge in [0.2, 0.25) is 5.91 Å². The van der Waals surface area contributed by atoms with Gasteiger partial charge in [0, 0.05) is 70.0 Å². The molecule has 2 aromatic rings. The summed E-state index contributed by atoms with van der Waals surface area (Å²) in [6.07, 6.45) is 2.67. The lowest BCUT2D eigenvalue weighted by Gasteiger charge is -2.36. The summed E-state index contributed by atoms with van der Waals surface area (Å²) in [5, 5.41) is 7.14. The zero-order chi connectivity index (χ0) is 22.1. The van der Waals surface area contributed by atoms with Crippen LogP contribution in [0.25, 0.3) is 10.9 Å². The molecule has 3 N–H and O–H groups in total. The Hall–Kier alpha value is -1.92. The molecule has 1 fully saturated rings. The van der Waals surface area contributed by atoms with Gasteiger partial charge in [-0.05, 0) is 37.1 Å². The number of nitrogens with one attached hydrogen (secondary N) is 3. The van der Waals surface area contributed by atoms with Crippen LogP contribution in [0.3, 0.4) is 0 Å². The number of ether oxygens (including phenoxy) is 1. The zero-order valence-corrected chi connectivity index (χ0v) is 21.2. The van der Waals surface area contributed by atoms with Crippen LogP contribution in [0.15, 0.2) is 29.4 Å². The van der Waals surface area contributed by atoms with E-state index in [-0.39, 0.29) is 35.7 Å². The third kappa shape index (κ3) is 7.59. The number of fused-ring (bicyclic) bond motifs is 1. The number of benzene rings is 1. The molecule has 8 nitrogen and oxygen atoms in total. The number of H-pyrrole nitrogens is 1. The summed E-state index contributed by atoms with van der Waals surface area (Å²) < 4.78 is 18.5. The minimum Gasteiger partial charge on any atom is -0.383 e. The van der Waals surface area contributed by atoms with Crippen molar-refractivity contribution in [3.8, 4) is 0 Å². The fourth-order valence-corrected chi connectivity index (χ4v) is 3.73. The van der Waals surface area contributed by atoms with Crippen molar-refractivity contribution in [2.45, 2.75) is 13.3 Å². The highest BCUT2D eigenvalue weighted by molar-refractivity contribution is 14.0. The number of piperazine rings is 1. The SMILES string of the molecule is CCNC(=NCCc1c[nH]c2ccc(F)cc12)N1CCN(CC(=O)NCCOC)CC1.I. The molecule has 0 atom stereocenters. The molecule has 178 valence electrons. The maximum Gasteiger partial charge on any atom is 0.234 e. The lowest BCUT2D eigenvalue weighted by Crippen LogP contribution is -2.54. The van der Waals surface area contributed by atoms with E-state index in [1.165, 1.54) is 6.07 Å². The van der Waals surface area contributed by atoms with E-state index in [2.05, 4.69) is 32.3 Å². The molecule has 1 amide bonds. The Morgan fingerprint density at radius 2 is 2.03 bits per heavy atom. The molecule has 1 aliphatic heterocycles. The summed E-state index contributed by atoms with van der Waals surface area (Å²) in [6.45, 7) is 8.18. The number of nitrogens with zero attached hydrogens (tertiary/aromatic N) is 3. The molecule has 2 heterocycles. The van der Waals surface area contributed by atoms with Crippen LogP contribution >= 0.6 is 24.0 Å². The van der Waals surface area contributed by atoms with Crippen LogP contribution in [-0.2, 0) is 16.0 Å². The topological polar surface area (TPSA) is 85.0 Å². The molecule has 0 spiro atoms. The number of guanidine groups is 1. The van der Waals surface area contributed by atoms with Crippen LogP contribution in [0.4, 0.5) is 4.39 Å². The fraction of sp³-hybridized carbons (Fsp3) is 0.545. The average Bonchev–Trinajstić information content (AvgIpc) is 3.16. The van der Waals surface area contributed by atoms with Crippen molar-refractivity contribution < 1.29 is 13.9 Å². The van der Waals surface area contributed by atoms with E-state index in [9.17, 15) is 9.18 Å². The van der Waals surface area contributed by atoms with Gasteiger partial charge < -0.3 is 25.3 Å². The smallest absolute Gasteiger partial charge is 0.234 e. The number of carbonyl (C=O) groups excluding carboxylic acids is 1. The second-order valence-electron chi connectivity index (χ2n) is 7.60. The molecule has 0 saturated carbocycles. The minimum absolute atomic E-state index is 0. The summed E-state index contributed by atoms with van der Waals surface area (Å²) in [5.41, 5.74) is 2.01. The van der Waals surface area contributed by atoms with E-state index >= 15 is 0 Å². The number of rotatable bonds is 9. The number of aromatic amines is 1. The quantitative estimate of drug-likeness (QED) is 0.189. The number of amides is 1. The zero-order valence-electron chi connectivity index (χ0n) is 18.8. The van der Waals surface area contributed by atoms with Crippen LogP contribution in [-0.4, -0.2) is 92.7 Å². The highest BCUT2D eigenvalue weighted by Crippen LogP contribution is 2.19. The Morgan fingerprint density at radius 1 is 1.25 bits per heavy atom. The van der Waals surface area contributed by atoms with E-state index in [0.717, 1.165) is 61.6 Å². The fourth-order valence-electron chi connectivity index (χ4n) is 3.73. The van der Waals surface area contributed by atoms with Gasteiger partial charge in [0.15, 0.2) is 5.96 Å². The molecule has 1 saturated heterocycles. The first kappa shape index (κ1) is 26.3. The number of halogens is 2. The van der Waals surface area contributed by atoms with Crippen molar-refractivity contribution in [1.82, 2.24) is 25.4 Å². The van der Waals surface area contributed by atoms with Crippen molar-refractivity contribution in [3.05, 3.63) is 35.8 Å². The van der Waals surface area contributed by atoms with E-state index < -0.39 is 0 Å². The molecular weight excluding hydrogens is 526 g/mol. The van der Waals surface area contributed by atoms with E-state index in [1.54, 1.807) is 19.2 Å². The summed E-state index contributed by atoms with van der Waals surface area (Å²) in [4.78, 5) is 24.4. The average molecular weight is 560 g/mol. The Morgan fingerprint density at radius 3 is 2.75 bits per heavy atom. The highest BCUT2D eigenvalue weighted by Gasteiger charge is 2.21. The van der Waals surface area contributed by atoms with Crippen LogP contribution in [0.2, 0.25) is 0 Å². The van der Waals surface area contributed by atoms with Crippen molar-refractivity contribution in [2.75, 3.05) is 66.1 Å². The molecule has 0 radical (unpaired) electrons. The number of methoxy groups -OCH3 is 1. The van der Waals surface area contributed by atoms with Gasteiger partial charge in [-0.25, -0.2) is 4.39 Å². The first-order valence-corrected chi connectivity index (χ1v) is 10.9. The monoisotopic (exact) mass is 560 g/mol. The first-order valence-electron chi connectivity index (χ1n) is 10.9. The standard InChI is InChI=1S/C22H33FN6O2.HI/c1-3-24-22(26-7-6-17-15-27-20-5-4-18(23)14-19(17)20)29-11-9-28(10-12-29)16-21(30)25-8-13-31-2;/h4-5,14-15,27H,3,6-13,16H2,1-2H3,(H,24,26)(H,25,30);1H. The van der Waals surface area contributed by atoms with Crippen molar-refractivity contribution >= 4 is 46.7 Å². The molecule has 1 aromatic carbocycles. The first-order chi connectivity index (χ1) is 15.1. The van der Waals surface area contributed by atoms with Crippen LogP contribution in [0.1, 0.15) is 12.5 Å². The normalized spacial score (nSPS) is 15.0. The highest BCUT2D eigenvalue weighted by atomic mass is 127. The van der Waals surface area contributed by atoms with Gasteiger partial charge in [-0.3, -0.25) is 14.7 Å². The van der Waals surface area contributed by atoms with Crippen molar-refractivity contribution in [3.63, 3.8) is 0 Å². The maximum absolute atomic E-state index is 13.6. The van der Waals surface area contributed by atoms with Crippen LogP contribution < -0.4 is 10.6 Å². The molecule has 1 aromatic heterocycles. The molecule has 0 bridgehead atoms. The third-order valence-corrected chi connectivity index (χ3v) is 5.37. The molecule has 1 aliphatic rings. The van der Waals surface area contributed by atoms with E-state index in [0.29, 0.717) is 26.2 Å². The molecule has 32 heavy (non-hydrogen) atoms. The lowest BCUT2D eigenvalue weighted by molar-refractivity contribution is -0.122. The van der Waals surface area contributed by atoms with Crippen LogP contribution in [0, 0.1) is 5.82 Å². The van der Waals surface area contributed by atoms with Gasteiger partial charge in [-0.2, -0.15) is 0 Å². The second-order valence-corrected chi connectivity index (χ2v) is 7.60. The Bertz CT molecular complexity index is 882. The summed E-state index contributed by atoms with van der Waals surface area (Å²) >= 11 is 0. The van der Waals surface area contributed by atoms with Gasteiger partial charge in [0.1, 0.15) is 5.82 Å². The number of hydrogen-bond donors (Lipinski definition) is 3. The Balaban J connectivity index is 0.00000363. The molecule has 3 rings (SSSR count). The van der Waals surface area contributed by atoms with Gasteiger partial charge in [0.05, 0.1) is 13.2 Å². The number of aliphatic imine (C=N–C) groups is 1. The number of hydrogen-bond acceptors (Lipinski definition) is 4. The molecule has 10 heteroatoms. The maximum atomic E-state index is 13.6. The second kappa shape index (κ2) is 13.6. The lowest BCUT2D eigenvalue weighted by atomic mass is 10.1. The minimum atomic E-state index is -0.226. The largest absolute Gasteiger partial charge is 0.383 e. The van der Waals surface area contributed by atoms with Gasteiger partial charge >= 0.3 is 0 Å². The molecule has 0 aliphatic carbocycles. The van der Waals surface area contributed by atoms with Gasteiger partial charge in [-0.15, -0.1) is 24.0 Å². The van der Waals surface area contributed by atoms with Crippen molar-refractivity contribution in [1.29, 1.82) is 0 Å². The van der Waals surface area contributed by atoms with Crippen molar-refractivity contribution in [2.24, 2.45) is 4.99 Å². The van der Waals surface area contributed by atoms with E-state index in [4.69, 9.17) is 9.73 Å². The molecular formula is C22H34FIN6O2.